The molecule has 0 saturated heterocycles. The third-order valence-electron chi connectivity index (χ3n) is 2.64. The third kappa shape index (κ3) is 2.74. The molecular formula is C12H19NO. The fourth-order valence-corrected chi connectivity index (χ4v) is 1.41. The molecule has 0 atom stereocenters. The van der Waals surface area contributed by atoms with Gasteiger partial charge in [0.15, 0.2) is 0 Å². The van der Waals surface area contributed by atoms with E-state index in [2.05, 4.69) is 26.1 Å². The Morgan fingerprint density at radius 3 is 2.57 bits per heavy atom. The van der Waals surface area contributed by atoms with Gasteiger partial charge in [-0.2, -0.15) is 0 Å². The Morgan fingerprint density at radius 2 is 2.00 bits per heavy atom. The largest absolute Gasteiger partial charge is 0.508 e. The number of hydrogen-bond acceptors (Lipinski definition) is 2. The van der Waals surface area contributed by atoms with Crippen LogP contribution in [0.2, 0.25) is 0 Å². The van der Waals surface area contributed by atoms with Crippen LogP contribution < -0.4 is 5.32 Å². The van der Waals surface area contributed by atoms with Crippen LogP contribution in [-0.2, 0) is 6.42 Å². The summed E-state index contributed by atoms with van der Waals surface area (Å²) in [6.45, 7) is 6.37. The molecule has 1 rings (SSSR count). The average molecular weight is 193 g/mol. The molecule has 2 N–H and O–H groups in total. The van der Waals surface area contributed by atoms with E-state index in [1.807, 2.05) is 19.2 Å². The lowest BCUT2D eigenvalue weighted by Crippen LogP contribution is -2.38. The SMILES string of the molecule is CNC(C)(C)Cc1cc(O)ccc1C. The number of aromatic hydroxyl groups is 1. The molecular weight excluding hydrogens is 174 g/mol. The number of phenolic OH excluding ortho intramolecular Hbond substituents is 1. The minimum atomic E-state index is 0.0680. The Kier molecular flexibility index (Phi) is 3.17. The monoisotopic (exact) mass is 193 g/mol. The van der Waals surface area contributed by atoms with Crippen molar-refractivity contribution in [2.24, 2.45) is 0 Å². The maximum absolute atomic E-state index is 9.39. The Balaban J connectivity index is 2.91. The standard InChI is InChI=1S/C12H19NO/c1-9-5-6-11(14)7-10(9)8-12(2,3)13-4/h5-7,13-14H,8H2,1-4H3. The molecule has 0 aliphatic rings. The highest BCUT2D eigenvalue weighted by Gasteiger charge is 2.16. The summed E-state index contributed by atoms with van der Waals surface area (Å²) in [4.78, 5) is 0. The van der Waals surface area contributed by atoms with E-state index in [1.165, 1.54) is 11.1 Å². The first-order valence-electron chi connectivity index (χ1n) is 4.92. The second-order valence-corrected chi connectivity index (χ2v) is 4.42. The summed E-state index contributed by atoms with van der Waals surface area (Å²) >= 11 is 0. The van der Waals surface area contributed by atoms with Gasteiger partial charge in [0.25, 0.3) is 0 Å². The molecule has 1 aromatic rings. The number of nitrogens with one attached hydrogen (secondary N) is 1. The zero-order valence-corrected chi connectivity index (χ0v) is 9.39. The van der Waals surface area contributed by atoms with Crippen molar-refractivity contribution in [3.63, 3.8) is 0 Å². The highest BCUT2D eigenvalue weighted by Crippen LogP contribution is 2.20. The summed E-state index contributed by atoms with van der Waals surface area (Å²) in [5.74, 6) is 0.345. The molecule has 2 nitrogen and oxygen atoms in total. The first-order valence-corrected chi connectivity index (χ1v) is 4.92. The molecule has 0 amide bonds. The summed E-state index contributed by atoms with van der Waals surface area (Å²) in [7, 11) is 1.96. The van der Waals surface area contributed by atoms with E-state index < -0.39 is 0 Å². The number of likely N-dealkylation sites (N-methyl/N-ethyl adjacent to an activating group) is 1. The number of phenols is 1. The van der Waals surface area contributed by atoms with Crippen molar-refractivity contribution < 1.29 is 5.11 Å². The number of rotatable bonds is 3. The minimum Gasteiger partial charge on any atom is -0.508 e. The highest BCUT2D eigenvalue weighted by molar-refractivity contribution is 5.35. The fourth-order valence-electron chi connectivity index (χ4n) is 1.41. The molecule has 0 saturated carbocycles. The van der Waals surface area contributed by atoms with E-state index >= 15 is 0 Å². The lowest BCUT2D eigenvalue weighted by Gasteiger charge is -2.25. The molecule has 1 aromatic carbocycles. The van der Waals surface area contributed by atoms with Gasteiger partial charge in [0.1, 0.15) is 5.75 Å². The topological polar surface area (TPSA) is 32.3 Å². The Morgan fingerprint density at radius 1 is 1.36 bits per heavy atom. The third-order valence-corrected chi connectivity index (χ3v) is 2.64. The first-order chi connectivity index (χ1) is 6.44. The van der Waals surface area contributed by atoms with Crippen LogP contribution in [0.25, 0.3) is 0 Å². The maximum atomic E-state index is 9.39. The zero-order valence-electron chi connectivity index (χ0n) is 9.39. The maximum Gasteiger partial charge on any atom is 0.115 e. The van der Waals surface area contributed by atoms with Crippen LogP contribution in [0.4, 0.5) is 0 Å². The molecule has 0 fully saturated rings. The molecule has 0 heterocycles. The van der Waals surface area contributed by atoms with Crippen LogP contribution in [-0.4, -0.2) is 17.7 Å². The molecule has 0 aromatic heterocycles. The van der Waals surface area contributed by atoms with Gasteiger partial charge in [-0.15, -0.1) is 0 Å². The van der Waals surface area contributed by atoms with Gasteiger partial charge in [-0.25, -0.2) is 0 Å². The van der Waals surface area contributed by atoms with Crippen molar-refractivity contribution in [2.45, 2.75) is 32.7 Å². The van der Waals surface area contributed by atoms with E-state index in [1.54, 1.807) is 6.07 Å². The summed E-state index contributed by atoms with van der Waals surface area (Å²) < 4.78 is 0. The molecule has 2 heteroatoms. The highest BCUT2D eigenvalue weighted by atomic mass is 16.3. The normalized spacial score (nSPS) is 11.7. The molecule has 0 radical (unpaired) electrons. The van der Waals surface area contributed by atoms with Crippen LogP contribution in [0.3, 0.4) is 0 Å². The van der Waals surface area contributed by atoms with Crippen LogP contribution >= 0.6 is 0 Å². The van der Waals surface area contributed by atoms with Crippen LogP contribution in [0.5, 0.6) is 5.75 Å². The van der Waals surface area contributed by atoms with Crippen LogP contribution in [0.1, 0.15) is 25.0 Å². The van der Waals surface area contributed by atoms with Crippen molar-refractivity contribution in [3.8, 4) is 5.75 Å². The summed E-state index contributed by atoms with van der Waals surface area (Å²) in [5.41, 5.74) is 2.49. The molecule has 0 aliphatic heterocycles. The molecule has 78 valence electrons. The van der Waals surface area contributed by atoms with Crippen LogP contribution in [0.15, 0.2) is 18.2 Å². The smallest absolute Gasteiger partial charge is 0.115 e. The lowest BCUT2D eigenvalue weighted by molar-refractivity contribution is 0.419. The average Bonchev–Trinajstić information content (AvgIpc) is 2.11. The van der Waals surface area contributed by atoms with Gasteiger partial charge in [-0.3, -0.25) is 0 Å². The predicted molar refractivity (Wildman–Crippen MR) is 59.7 cm³/mol. The summed E-state index contributed by atoms with van der Waals surface area (Å²) in [6, 6.07) is 5.52. The van der Waals surface area contributed by atoms with Gasteiger partial charge in [0, 0.05) is 5.54 Å². The predicted octanol–water partition coefficient (Wildman–Crippen LogP) is 2.24. The molecule has 14 heavy (non-hydrogen) atoms. The second-order valence-electron chi connectivity index (χ2n) is 4.42. The van der Waals surface area contributed by atoms with Crippen LogP contribution in [0, 0.1) is 6.92 Å². The van der Waals surface area contributed by atoms with E-state index in [4.69, 9.17) is 0 Å². The Bertz CT molecular complexity index is 318. The Labute approximate surface area is 86.0 Å². The number of benzene rings is 1. The molecule has 0 aliphatic carbocycles. The number of hydrogen-bond donors (Lipinski definition) is 2. The van der Waals surface area contributed by atoms with Gasteiger partial charge in [-0.05, 0) is 57.5 Å². The first kappa shape index (κ1) is 11.1. The number of aryl methyl sites for hydroxylation is 1. The molecule has 0 unspecified atom stereocenters. The quantitative estimate of drug-likeness (QED) is 0.771. The second kappa shape index (κ2) is 4.01. The van der Waals surface area contributed by atoms with Gasteiger partial charge in [0.2, 0.25) is 0 Å². The summed E-state index contributed by atoms with van der Waals surface area (Å²) in [6.07, 6.45) is 0.920. The van der Waals surface area contributed by atoms with E-state index in [-0.39, 0.29) is 5.54 Å². The van der Waals surface area contributed by atoms with E-state index in [0.29, 0.717) is 5.75 Å². The van der Waals surface area contributed by atoms with Gasteiger partial charge >= 0.3 is 0 Å². The van der Waals surface area contributed by atoms with Crippen molar-refractivity contribution >= 4 is 0 Å². The van der Waals surface area contributed by atoms with Gasteiger partial charge in [-0.1, -0.05) is 6.07 Å². The van der Waals surface area contributed by atoms with Crippen molar-refractivity contribution in [1.29, 1.82) is 0 Å². The van der Waals surface area contributed by atoms with Gasteiger partial charge < -0.3 is 10.4 Å². The Hall–Kier alpha value is -1.02. The molecule has 0 spiro atoms. The van der Waals surface area contributed by atoms with Crippen molar-refractivity contribution in [1.82, 2.24) is 5.32 Å². The van der Waals surface area contributed by atoms with E-state index in [0.717, 1.165) is 6.42 Å². The lowest BCUT2D eigenvalue weighted by atomic mass is 9.92. The van der Waals surface area contributed by atoms with Crippen molar-refractivity contribution in [2.75, 3.05) is 7.05 Å². The van der Waals surface area contributed by atoms with Crippen molar-refractivity contribution in [3.05, 3.63) is 29.3 Å². The molecule has 0 bridgehead atoms. The summed E-state index contributed by atoms with van der Waals surface area (Å²) in [5, 5.41) is 12.6. The zero-order chi connectivity index (χ0) is 10.8. The fraction of sp³-hybridized carbons (Fsp3) is 0.500. The van der Waals surface area contributed by atoms with E-state index in [9.17, 15) is 5.11 Å². The van der Waals surface area contributed by atoms with Gasteiger partial charge in [0.05, 0.1) is 0 Å². The minimum absolute atomic E-state index is 0.0680.